The highest BCUT2D eigenvalue weighted by Gasteiger charge is 2.25. The molecule has 1 fully saturated rings. The molecule has 0 bridgehead atoms. The van der Waals surface area contributed by atoms with Crippen molar-refractivity contribution in [3.8, 4) is 0 Å². The first-order chi connectivity index (χ1) is 9.71. The van der Waals surface area contributed by atoms with Crippen molar-refractivity contribution in [2.75, 3.05) is 37.3 Å². The zero-order valence-corrected chi connectivity index (χ0v) is 14.6. The molecule has 1 aromatic carbocycles. The van der Waals surface area contributed by atoms with Gasteiger partial charge in [-0.3, -0.25) is 0 Å². The minimum absolute atomic E-state index is 0.120. The van der Waals surface area contributed by atoms with Crippen LogP contribution in [0.15, 0.2) is 16.6 Å². The summed E-state index contributed by atoms with van der Waals surface area (Å²) < 4.78 is 39.0. The molecule has 0 unspecified atom stereocenters. The van der Waals surface area contributed by atoms with Crippen LogP contribution in [-0.2, 0) is 10.0 Å². The number of piperazine rings is 1. The molecule has 0 atom stereocenters. The van der Waals surface area contributed by atoms with E-state index in [0.29, 0.717) is 37.4 Å². The average Bonchev–Trinajstić information content (AvgIpc) is 2.40. The fraction of sp³-hybridized carbons (Fsp3) is 0.417. The first-order valence-electron chi connectivity index (χ1n) is 6.19. The van der Waals surface area contributed by atoms with Crippen molar-refractivity contribution in [1.82, 2.24) is 4.31 Å². The number of sulfonamides is 1. The lowest BCUT2D eigenvalue weighted by molar-refractivity contribution is 0.386. The fourth-order valence-corrected chi connectivity index (χ4v) is 3.91. The van der Waals surface area contributed by atoms with Crippen LogP contribution in [-0.4, -0.2) is 50.1 Å². The number of rotatable bonds is 3. The maximum Gasteiger partial charge on any atom is 0.211 e. The number of hydrogen-bond acceptors (Lipinski definition) is 4. The number of benzene rings is 1. The smallest absolute Gasteiger partial charge is 0.211 e. The molecular weight excluding hydrogens is 381 g/mol. The lowest BCUT2D eigenvalue weighted by Gasteiger charge is -2.35. The van der Waals surface area contributed by atoms with Crippen molar-refractivity contribution in [2.24, 2.45) is 5.73 Å². The van der Waals surface area contributed by atoms with Crippen LogP contribution >= 0.6 is 28.1 Å². The summed E-state index contributed by atoms with van der Waals surface area (Å²) in [7, 11) is -3.20. The van der Waals surface area contributed by atoms with E-state index in [1.807, 2.05) is 4.90 Å². The normalized spacial score (nSPS) is 17.0. The van der Waals surface area contributed by atoms with Crippen molar-refractivity contribution in [2.45, 2.75) is 0 Å². The van der Waals surface area contributed by atoms with Crippen molar-refractivity contribution >= 4 is 48.8 Å². The number of thiocarbonyl (C=S) groups is 1. The summed E-state index contributed by atoms with van der Waals surface area (Å²) in [5.41, 5.74) is 6.38. The van der Waals surface area contributed by atoms with E-state index < -0.39 is 15.8 Å². The molecule has 1 aliphatic heterocycles. The summed E-state index contributed by atoms with van der Waals surface area (Å²) >= 11 is 8.03. The van der Waals surface area contributed by atoms with Crippen molar-refractivity contribution < 1.29 is 12.8 Å². The monoisotopic (exact) mass is 395 g/mol. The topological polar surface area (TPSA) is 66.6 Å². The second-order valence-corrected chi connectivity index (χ2v) is 7.99. The molecule has 1 aliphatic rings. The van der Waals surface area contributed by atoms with E-state index in [4.69, 9.17) is 18.0 Å². The van der Waals surface area contributed by atoms with Gasteiger partial charge in [0.15, 0.2) is 5.82 Å². The van der Waals surface area contributed by atoms with Crippen LogP contribution in [0.5, 0.6) is 0 Å². The summed E-state index contributed by atoms with van der Waals surface area (Å²) in [6, 6.07) is 3.28. The van der Waals surface area contributed by atoms with E-state index in [2.05, 4.69) is 15.9 Å². The molecule has 116 valence electrons. The van der Waals surface area contributed by atoms with E-state index in [-0.39, 0.29) is 9.46 Å². The first-order valence-corrected chi connectivity index (χ1v) is 9.24. The van der Waals surface area contributed by atoms with Crippen LogP contribution in [0.25, 0.3) is 0 Å². The predicted molar refractivity (Wildman–Crippen MR) is 88.6 cm³/mol. The Labute approximate surface area is 137 Å². The summed E-state index contributed by atoms with van der Waals surface area (Å²) in [5.74, 6) is -0.437. The van der Waals surface area contributed by atoms with E-state index in [1.165, 1.54) is 10.6 Å². The molecule has 0 aliphatic carbocycles. The number of nitrogens with zero attached hydrogens (tertiary/aromatic N) is 2. The molecule has 1 heterocycles. The predicted octanol–water partition coefficient (Wildman–Crippen LogP) is 1.30. The summed E-state index contributed by atoms with van der Waals surface area (Å²) in [6.45, 7) is 1.55. The molecule has 2 rings (SSSR count). The first kappa shape index (κ1) is 16.6. The molecule has 1 saturated heterocycles. The second-order valence-electron chi connectivity index (χ2n) is 4.77. The van der Waals surface area contributed by atoms with E-state index in [9.17, 15) is 12.8 Å². The highest BCUT2D eigenvalue weighted by atomic mass is 79.9. The molecule has 0 amide bonds. The zero-order valence-electron chi connectivity index (χ0n) is 11.3. The molecule has 0 radical (unpaired) electrons. The van der Waals surface area contributed by atoms with Gasteiger partial charge in [-0.05, 0) is 28.1 Å². The average molecular weight is 396 g/mol. The highest BCUT2D eigenvalue weighted by Crippen LogP contribution is 2.30. The lowest BCUT2D eigenvalue weighted by Crippen LogP contribution is -2.48. The Bertz CT molecular complexity index is 673. The number of anilines is 1. The molecule has 9 heteroatoms. The van der Waals surface area contributed by atoms with Crippen LogP contribution in [0.4, 0.5) is 10.1 Å². The SMILES string of the molecule is CS(=O)(=O)N1CCN(c2ccc(C(N)=S)c(Br)c2F)CC1. The summed E-state index contributed by atoms with van der Waals surface area (Å²) in [5, 5.41) is 0. The van der Waals surface area contributed by atoms with Crippen molar-refractivity contribution in [1.29, 1.82) is 0 Å². The Morgan fingerprint density at radius 1 is 1.33 bits per heavy atom. The van der Waals surface area contributed by atoms with Gasteiger partial charge in [-0.25, -0.2) is 12.8 Å². The van der Waals surface area contributed by atoms with Crippen LogP contribution in [0.2, 0.25) is 0 Å². The zero-order chi connectivity index (χ0) is 15.8. The van der Waals surface area contributed by atoms with Gasteiger partial charge in [0.2, 0.25) is 10.0 Å². The van der Waals surface area contributed by atoms with Gasteiger partial charge < -0.3 is 10.6 Å². The van der Waals surface area contributed by atoms with Gasteiger partial charge >= 0.3 is 0 Å². The Morgan fingerprint density at radius 2 is 1.90 bits per heavy atom. The highest BCUT2D eigenvalue weighted by molar-refractivity contribution is 9.10. The van der Waals surface area contributed by atoms with Crippen LogP contribution < -0.4 is 10.6 Å². The van der Waals surface area contributed by atoms with Gasteiger partial charge in [-0.2, -0.15) is 4.31 Å². The maximum absolute atomic E-state index is 14.4. The maximum atomic E-state index is 14.4. The lowest BCUT2D eigenvalue weighted by atomic mass is 10.1. The standard InChI is InChI=1S/C12H15BrFN3O2S2/c1-21(18,19)17-6-4-16(5-7-17)9-3-2-8(12(15)20)10(13)11(9)14/h2-3H,4-7H2,1H3,(H2,15,20). The van der Waals surface area contributed by atoms with Gasteiger partial charge in [-0.15, -0.1) is 0 Å². The molecule has 5 nitrogen and oxygen atoms in total. The van der Waals surface area contributed by atoms with Gasteiger partial charge in [0.1, 0.15) is 4.99 Å². The molecule has 0 aromatic heterocycles. The Kier molecular flexibility index (Phi) is 4.86. The summed E-state index contributed by atoms with van der Waals surface area (Å²) in [6.07, 6.45) is 1.18. The van der Waals surface area contributed by atoms with Crippen molar-refractivity contribution in [3.05, 3.63) is 28.0 Å². The van der Waals surface area contributed by atoms with E-state index >= 15 is 0 Å². The number of nitrogens with two attached hydrogens (primary N) is 1. The van der Waals surface area contributed by atoms with E-state index in [1.54, 1.807) is 12.1 Å². The molecular formula is C12H15BrFN3O2S2. The molecule has 0 spiro atoms. The minimum atomic E-state index is -3.20. The number of hydrogen-bond donors (Lipinski definition) is 1. The Hall–Kier alpha value is -0.770. The minimum Gasteiger partial charge on any atom is -0.389 e. The van der Waals surface area contributed by atoms with E-state index in [0.717, 1.165) is 0 Å². The molecule has 21 heavy (non-hydrogen) atoms. The van der Waals surface area contributed by atoms with Gasteiger partial charge in [0, 0.05) is 31.7 Å². The third-order valence-electron chi connectivity index (χ3n) is 3.38. The van der Waals surface area contributed by atoms with Crippen LogP contribution in [0, 0.1) is 5.82 Å². The second kappa shape index (κ2) is 6.15. The summed E-state index contributed by atoms with van der Waals surface area (Å²) in [4.78, 5) is 1.93. The third-order valence-corrected chi connectivity index (χ3v) is 5.67. The van der Waals surface area contributed by atoms with Gasteiger partial charge in [0.05, 0.1) is 16.4 Å². The van der Waals surface area contributed by atoms with Gasteiger partial charge in [0.25, 0.3) is 0 Å². The largest absolute Gasteiger partial charge is 0.389 e. The Balaban J connectivity index is 2.22. The third kappa shape index (κ3) is 3.53. The van der Waals surface area contributed by atoms with Gasteiger partial charge in [-0.1, -0.05) is 12.2 Å². The fourth-order valence-electron chi connectivity index (χ4n) is 2.23. The Morgan fingerprint density at radius 3 is 2.38 bits per heavy atom. The quantitative estimate of drug-likeness (QED) is 0.781. The molecule has 2 N–H and O–H groups in total. The molecule has 0 saturated carbocycles. The number of halogens is 2. The van der Waals surface area contributed by atoms with Crippen LogP contribution in [0.3, 0.4) is 0 Å². The van der Waals surface area contributed by atoms with Crippen molar-refractivity contribution in [3.63, 3.8) is 0 Å². The molecule has 1 aromatic rings. The van der Waals surface area contributed by atoms with Crippen LogP contribution in [0.1, 0.15) is 5.56 Å².